The Labute approximate surface area is 144 Å². The summed E-state index contributed by atoms with van der Waals surface area (Å²) in [6.45, 7) is 8.17. The number of aliphatic imine (C=N–C) groups is 1. The van der Waals surface area contributed by atoms with E-state index in [0.717, 1.165) is 29.6 Å². The summed E-state index contributed by atoms with van der Waals surface area (Å²) in [7, 11) is 1.99. The number of hydrogen-bond donors (Lipinski definition) is 2. The van der Waals surface area contributed by atoms with Gasteiger partial charge in [-0.25, -0.2) is 0 Å². The number of benzene rings is 1. The van der Waals surface area contributed by atoms with Gasteiger partial charge >= 0.3 is 0 Å². The van der Waals surface area contributed by atoms with Gasteiger partial charge in [-0.3, -0.25) is 4.99 Å². The lowest BCUT2D eigenvalue weighted by Crippen LogP contribution is -2.40. The molecule has 0 aliphatic carbocycles. The van der Waals surface area contributed by atoms with Gasteiger partial charge in [-0.2, -0.15) is 0 Å². The minimum Gasteiger partial charge on any atom is -0.454 e. The van der Waals surface area contributed by atoms with Gasteiger partial charge in [0.15, 0.2) is 17.5 Å². The van der Waals surface area contributed by atoms with E-state index in [1.54, 1.807) is 0 Å². The molecular weight excluding hydrogens is 306 g/mol. The molecule has 1 aromatic rings. The van der Waals surface area contributed by atoms with Crippen LogP contribution in [0.1, 0.15) is 39.2 Å². The smallest absolute Gasteiger partial charge is 0.231 e. The molecule has 2 rings (SSSR count). The number of nitrogens with zero attached hydrogens (tertiary/aromatic N) is 2. The summed E-state index contributed by atoms with van der Waals surface area (Å²) >= 11 is 0. The minimum absolute atomic E-state index is 0.283. The first kappa shape index (κ1) is 18.4. The van der Waals surface area contributed by atoms with Crippen LogP contribution in [0.4, 0.5) is 0 Å². The molecule has 6 heteroatoms. The van der Waals surface area contributed by atoms with E-state index >= 15 is 0 Å². The first-order chi connectivity index (χ1) is 11.5. The Morgan fingerprint density at radius 2 is 1.96 bits per heavy atom. The van der Waals surface area contributed by atoms with Crippen LogP contribution in [0.5, 0.6) is 11.5 Å². The molecule has 1 aliphatic rings. The molecule has 0 saturated carbocycles. The largest absolute Gasteiger partial charge is 0.454 e. The fourth-order valence-corrected chi connectivity index (χ4v) is 2.55. The number of nitrogens with one attached hydrogen (secondary N) is 1. The van der Waals surface area contributed by atoms with Crippen LogP contribution < -0.4 is 14.8 Å². The average molecular weight is 335 g/mol. The summed E-state index contributed by atoms with van der Waals surface area (Å²) in [4.78, 5) is 6.67. The molecule has 0 unspecified atom stereocenters. The zero-order valence-corrected chi connectivity index (χ0v) is 15.1. The molecule has 0 spiro atoms. The number of fused-ring (bicyclic) bond motifs is 1. The fraction of sp³-hybridized carbons (Fsp3) is 0.611. The summed E-state index contributed by atoms with van der Waals surface area (Å²) in [6, 6.07) is 5.96. The number of guanidine groups is 1. The summed E-state index contributed by atoms with van der Waals surface area (Å²) in [6.07, 6.45) is 1.39. The van der Waals surface area contributed by atoms with Crippen molar-refractivity contribution in [3.63, 3.8) is 0 Å². The van der Waals surface area contributed by atoms with Crippen molar-refractivity contribution in [2.75, 3.05) is 26.9 Å². The van der Waals surface area contributed by atoms with Gasteiger partial charge in [-0.1, -0.05) is 19.9 Å². The van der Waals surface area contributed by atoms with E-state index in [-0.39, 0.29) is 6.79 Å². The van der Waals surface area contributed by atoms with E-state index in [0.29, 0.717) is 25.9 Å². The monoisotopic (exact) mass is 335 g/mol. The van der Waals surface area contributed by atoms with Crippen molar-refractivity contribution >= 4 is 5.96 Å². The first-order valence-electron chi connectivity index (χ1n) is 8.61. The third-order valence-electron chi connectivity index (χ3n) is 4.39. The molecule has 0 bridgehead atoms. The lowest BCUT2D eigenvalue weighted by molar-refractivity contribution is 0.0416. The molecule has 1 aliphatic heterocycles. The number of rotatable bonds is 7. The highest BCUT2D eigenvalue weighted by Crippen LogP contribution is 2.32. The van der Waals surface area contributed by atoms with E-state index in [4.69, 9.17) is 9.47 Å². The molecule has 134 valence electrons. The standard InChI is InChI=1S/C18H29N3O3/c1-5-18(22,6-2)12-20-17(19-7-3)21(4)11-14-8-9-15-16(10-14)24-13-23-15/h8-10,22H,5-7,11-13H2,1-4H3,(H,19,20). The van der Waals surface area contributed by atoms with Crippen molar-refractivity contribution in [2.24, 2.45) is 4.99 Å². The minimum atomic E-state index is -0.736. The highest BCUT2D eigenvalue weighted by atomic mass is 16.7. The molecule has 0 fully saturated rings. The molecule has 6 nitrogen and oxygen atoms in total. The Morgan fingerprint density at radius 1 is 1.25 bits per heavy atom. The van der Waals surface area contributed by atoms with Crippen LogP contribution in [-0.2, 0) is 6.54 Å². The topological polar surface area (TPSA) is 66.3 Å². The Morgan fingerprint density at radius 3 is 2.62 bits per heavy atom. The Hall–Kier alpha value is -1.95. The van der Waals surface area contributed by atoms with E-state index in [9.17, 15) is 5.11 Å². The maximum Gasteiger partial charge on any atom is 0.231 e. The molecule has 0 aromatic heterocycles. The van der Waals surface area contributed by atoms with Crippen LogP contribution in [0.3, 0.4) is 0 Å². The van der Waals surface area contributed by atoms with Crippen molar-refractivity contribution < 1.29 is 14.6 Å². The van der Waals surface area contributed by atoms with Gasteiger partial charge in [0.05, 0.1) is 12.1 Å². The highest BCUT2D eigenvalue weighted by Gasteiger charge is 2.22. The molecule has 0 atom stereocenters. The van der Waals surface area contributed by atoms with Crippen molar-refractivity contribution in [1.82, 2.24) is 10.2 Å². The number of aliphatic hydroxyl groups is 1. The van der Waals surface area contributed by atoms with Gasteiger partial charge in [0, 0.05) is 20.1 Å². The van der Waals surface area contributed by atoms with Gasteiger partial charge in [0.2, 0.25) is 6.79 Å². The number of hydrogen-bond acceptors (Lipinski definition) is 4. The second kappa shape index (κ2) is 8.24. The molecule has 1 aromatic carbocycles. The third-order valence-corrected chi connectivity index (χ3v) is 4.39. The molecule has 0 saturated heterocycles. The molecule has 2 N–H and O–H groups in total. The Balaban J connectivity index is 2.06. The lowest BCUT2D eigenvalue weighted by atomic mass is 9.98. The van der Waals surface area contributed by atoms with E-state index in [1.807, 2.05) is 50.9 Å². The van der Waals surface area contributed by atoms with Crippen molar-refractivity contribution in [3.05, 3.63) is 23.8 Å². The summed E-state index contributed by atoms with van der Waals surface area (Å²) in [5.41, 5.74) is 0.383. The fourth-order valence-electron chi connectivity index (χ4n) is 2.55. The average Bonchev–Trinajstić information content (AvgIpc) is 3.06. The zero-order chi connectivity index (χ0) is 17.6. The molecule has 1 heterocycles. The Bertz CT molecular complexity index is 571. The first-order valence-corrected chi connectivity index (χ1v) is 8.61. The van der Waals surface area contributed by atoms with Crippen LogP contribution in [0, 0.1) is 0 Å². The molecule has 0 radical (unpaired) electrons. The van der Waals surface area contributed by atoms with Crippen molar-refractivity contribution in [1.29, 1.82) is 0 Å². The van der Waals surface area contributed by atoms with Gasteiger partial charge in [-0.15, -0.1) is 0 Å². The maximum atomic E-state index is 10.4. The third kappa shape index (κ3) is 4.54. The van der Waals surface area contributed by atoms with Crippen LogP contribution >= 0.6 is 0 Å². The van der Waals surface area contributed by atoms with E-state index in [2.05, 4.69) is 10.3 Å². The van der Waals surface area contributed by atoms with Crippen LogP contribution in [0.2, 0.25) is 0 Å². The summed E-state index contributed by atoms with van der Waals surface area (Å²) < 4.78 is 10.8. The summed E-state index contributed by atoms with van der Waals surface area (Å²) in [5.74, 6) is 2.36. The number of ether oxygens (including phenoxy) is 2. The second-order valence-corrected chi connectivity index (χ2v) is 6.15. The van der Waals surface area contributed by atoms with Crippen LogP contribution in [-0.4, -0.2) is 48.5 Å². The van der Waals surface area contributed by atoms with Crippen molar-refractivity contribution in [2.45, 2.75) is 45.8 Å². The van der Waals surface area contributed by atoms with Crippen LogP contribution in [0.15, 0.2) is 23.2 Å². The van der Waals surface area contributed by atoms with Gasteiger partial charge < -0.3 is 24.8 Å². The lowest BCUT2D eigenvalue weighted by Gasteiger charge is -2.26. The van der Waals surface area contributed by atoms with Gasteiger partial charge in [0.25, 0.3) is 0 Å². The highest BCUT2D eigenvalue weighted by molar-refractivity contribution is 5.79. The van der Waals surface area contributed by atoms with E-state index < -0.39 is 5.60 Å². The van der Waals surface area contributed by atoms with Crippen molar-refractivity contribution in [3.8, 4) is 11.5 Å². The quantitative estimate of drug-likeness (QED) is 0.591. The Kier molecular flexibility index (Phi) is 6.31. The SMILES string of the molecule is CCNC(=NCC(O)(CC)CC)N(C)Cc1ccc2c(c1)OCO2. The van der Waals surface area contributed by atoms with Gasteiger partial charge in [0.1, 0.15) is 0 Å². The molecular formula is C18H29N3O3. The summed E-state index contributed by atoms with van der Waals surface area (Å²) in [5, 5.41) is 13.7. The normalized spacial score (nSPS) is 14.0. The van der Waals surface area contributed by atoms with E-state index in [1.165, 1.54) is 0 Å². The predicted molar refractivity (Wildman–Crippen MR) is 95.5 cm³/mol. The molecule has 24 heavy (non-hydrogen) atoms. The molecule has 0 amide bonds. The maximum absolute atomic E-state index is 10.4. The second-order valence-electron chi connectivity index (χ2n) is 6.15. The van der Waals surface area contributed by atoms with Crippen LogP contribution in [0.25, 0.3) is 0 Å². The zero-order valence-electron chi connectivity index (χ0n) is 15.1. The van der Waals surface area contributed by atoms with Gasteiger partial charge in [-0.05, 0) is 37.5 Å². The predicted octanol–water partition coefficient (Wildman–Crippen LogP) is 2.36.